The molecule has 632 valence electrons. The van der Waals surface area contributed by atoms with Crippen molar-refractivity contribution >= 4 is 46.3 Å². The molecule has 0 bridgehead atoms. The summed E-state index contributed by atoms with van der Waals surface area (Å²) in [6.07, 6.45) is 18.7. The maximum Gasteiger partial charge on any atom is 0.159 e. The maximum atomic E-state index is 10.7. The molecule has 1 unspecified atom stereocenters. The summed E-state index contributed by atoms with van der Waals surface area (Å²) in [7, 11) is 7.55. The Labute approximate surface area is 715 Å². The first kappa shape index (κ1) is 107. The van der Waals surface area contributed by atoms with E-state index in [1.807, 2.05) is 109 Å². The minimum Gasteiger partial charge on any atom is -0.496 e. The van der Waals surface area contributed by atoms with Crippen LogP contribution in [0.5, 0.6) is 17.2 Å². The zero-order chi connectivity index (χ0) is 86.3. The molecule has 0 spiro atoms. The van der Waals surface area contributed by atoms with Crippen LogP contribution in [0, 0.1) is 53.3 Å². The molecule has 8 aromatic carbocycles. The number of hydrogen-bond donors (Lipinski definition) is 0. The Morgan fingerprint density at radius 3 is 1.20 bits per heavy atom. The quantitative estimate of drug-likeness (QED) is 0.0761. The molecule has 0 heterocycles. The lowest BCUT2D eigenvalue weighted by molar-refractivity contribution is -0.113. The number of carbonyl (C=O) groups excluding carboxylic acids is 1. The predicted octanol–water partition coefficient (Wildman–Crippen LogP) is 33.1. The number of methoxy groups -OCH3 is 2. The summed E-state index contributed by atoms with van der Waals surface area (Å²) in [5.41, 5.74) is 11.9. The molecule has 1 saturated carbocycles. The van der Waals surface area contributed by atoms with Crippen LogP contribution in [0.4, 0.5) is 5.69 Å². The average Bonchev–Trinajstić information content (AvgIpc) is 0.897. The zero-order valence-corrected chi connectivity index (χ0v) is 79.0. The topological polar surface area (TPSA) is 48.0 Å². The Morgan fingerprint density at radius 2 is 0.816 bits per heavy atom. The van der Waals surface area contributed by atoms with Gasteiger partial charge in [0.2, 0.25) is 0 Å². The van der Waals surface area contributed by atoms with E-state index in [4.69, 9.17) is 49.0 Å². The lowest BCUT2D eigenvalue weighted by atomic mass is 9.84. The van der Waals surface area contributed by atoms with Crippen LogP contribution in [-0.4, -0.2) is 40.2 Å². The van der Waals surface area contributed by atoms with Crippen LogP contribution in [0.2, 0.25) is 15.1 Å². The van der Waals surface area contributed by atoms with Crippen molar-refractivity contribution in [2.75, 3.05) is 33.2 Å². The minimum absolute atomic E-state index is 0.212. The van der Waals surface area contributed by atoms with Crippen molar-refractivity contribution in [1.29, 1.82) is 0 Å². The van der Waals surface area contributed by atoms with Crippen molar-refractivity contribution in [3.63, 3.8) is 0 Å². The third-order valence-corrected chi connectivity index (χ3v) is 20.3. The van der Waals surface area contributed by atoms with Gasteiger partial charge in [0.15, 0.2) is 5.78 Å². The standard InChI is InChI=1S/C11H15ClO.C11H17N.C11H16O.C10H13Cl.C10H14O.C10H20.C10H14.C9H11Cl.C9H12O.C9H12.C6H14/c1-8(2)9(3)13-11-6-4-10(12)5-7-11;1-9(2)10-5-7-11(8-6-10)12(3)4;1-9(2)8-10-6-4-5-7-11(10)12-3;1-8(2)7-9-5-3-4-6-10(9)11;1-8(2)9-6-4-5-7-10(9)11-3;2*1-9(2)8-10-6-4-3-5-7-10;1-7(2)8-5-3-4-6-9(8)10;1-7(2)8-3-5-9(10)6-4-8;1-8(2)9-6-4-3-5-7-9;1-5(2)6(3)4/h4-9H,1-3H3;5-9H,1-4H3;4-7,9H,8H2,1-3H3;3-6,8H,7H2,1-2H3;4-8H,1-3H3;9-10H,3-8H2,1-2H3;3-7,9H,8H2,1-2H3;3-7H,1-2H3;3-5,7H,6H2,1-2H3;3-8H,1-2H3;5-6H,1-4H3. The van der Waals surface area contributed by atoms with E-state index < -0.39 is 0 Å². The molecule has 1 atom stereocenters. The Balaban J connectivity index is 0.00000124. The van der Waals surface area contributed by atoms with Gasteiger partial charge in [-0.1, -0.05) is 391 Å². The van der Waals surface area contributed by atoms with E-state index in [1.165, 1.54) is 95.2 Å². The smallest absolute Gasteiger partial charge is 0.159 e. The number of rotatable bonds is 20. The predicted molar refractivity (Wildman–Crippen MR) is 508 cm³/mol. The number of nitrogens with zero attached hydrogens (tertiary/aromatic N) is 1. The van der Waals surface area contributed by atoms with E-state index in [0.717, 1.165) is 74.7 Å². The third-order valence-electron chi connectivity index (χ3n) is 19.3. The van der Waals surface area contributed by atoms with Crippen LogP contribution in [0.25, 0.3) is 0 Å². The molecule has 1 fully saturated rings. The highest BCUT2D eigenvalue weighted by atomic mass is 35.5. The normalized spacial score (nSPS) is 12.4. The second-order valence-corrected chi connectivity index (χ2v) is 35.7. The van der Waals surface area contributed by atoms with Gasteiger partial charge in [0, 0.05) is 41.3 Å². The fourth-order valence-corrected chi connectivity index (χ4v) is 12.2. The van der Waals surface area contributed by atoms with E-state index >= 15 is 0 Å². The SMILES string of the molecule is CC(C)C(C)C.CC(C)C(C)Oc1ccc(Cl)cc1.CC(C)C1=CCC(=O)C=C1.CC(C)CC1CCCCC1.CC(C)Cc1ccccc1.CC(C)Cc1ccccc1Cl.CC(C)c1ccc(N(C)C)cc1.CC(C)c1ccccc1.CC(C)c1ccccc1Cl.COc1ccccc1C(C)C.COc1ccccc1CC(C)C. The van der Waals surface area contributed by atoms with Gasteiger partial charge in [-0.2, -0.15) is 0 Å². The van der Waals surface area contributed by atoms with Crippen LogP contribution < -0.4 is 19.1 Å². The first-order valence-corrected chi connectivity index (χ1v) is 43.9. The van der Waals surface area contributed by atoms with Gasteiger partial charge in [-0.3, -0.25) is 4.79 Å². The Hall–Kier alpha value is -7.02. The number of para-hydroxylation sites is 2. The van der Waals surface area contributed by atoms with Crippen LogP contribution in [0.15, 0.2) is 230 Å². The molecule has 0 saturated heterocycles. The van der Waals surface area contributed by atoms with Gasteiger partial charge in [-0.25, -0.2) is 0 Å². The summed E-state index contributed by atoms with van der Waals surface area (Å²) in [4.78, 5) is 12.8. The average molecular weight is 1620 g/mol. The number of benzene rings is 8. The van der Waals surface area contributed by atoms with Crippen molar-refractivity contribution in [2.24, 2.45) is 53.3 Å². The maximum absolute atomic E-state index is 10.7. The molecule has 5 nitrogen and oxygen atoms in total. The van der Waals surface area contributed by atoms with E-state index in [2.05, 4.69) is 301 Å². The van der Waals surface area contributed by atoms with Crippen molar-refractivity contribution in [3.05, 3.63) is 284 Å². The molecule has 0 amide bonds. The van der Waals surface area contributed by atoms with Crippen LogP contribution in [0.1, 0.15) is 281 Å². The third kappa shape index (κ3) is 52.5. The molecule has 8 heteroatoms. The van der Waals surface area contributed by atoms with Gasteiger partial charge in [-0.15, -0.1) is 0 Å². The highest BCUT2D eigenvalue weighted by Gasteiger charge is 2.15. The van der Waals surface area contributed by atoms with Crippen LogP contribution >= 0.6 is 34.8 Å². The Kier molecular flexibility index (Phi) is 59.3. The number of hydrogen-bond acceptors (Lipinski definition) is 5. The van der Waals surface area contributed by atoms with Gasteiger partial charge in [0.1, 0.15) is 17.2 Å². The van der Waals surface area contributed by atoms with E-state index in [0.29, 0.717) is 53.8 Å². The zero-order valence-electron chi connectivity index (χ0n) is 76.7. The first-order valence-electron chi connectivity index (χ1n) is 42.8. The second kappa shape index (κ2) is 63.2. The Morgan fingerprint density at radius 1 is 0.386 bits per heavy atom. The van der Waals surface area contributed by atoms with Gasteiger partial charge in [-0.05, 0) is 221 Å². The number of ketones is 1. The van der Waals surface area contributed by atoms with Crippen molar-refractivity contribution in [3.8, 4) is 17.2 Å². The Bertz CT molecular complexity index is 3670. The van der Waals surface area contributed by atoms with Crippen molar-refractivity contribution in [1.82, 2.24) is 0 Å². The summed E-state index contributed by atoms with van der Waals surface area (Å²) in [6, 6.07) is 69.6. The van der Waals surface area contributed by atoms with Crippen LogP contribution in [-0.2, 0) is 24.1 Å². The molecular weight excluding hydrogens is 1460 g/mol. The summed E-state index contributed by atoms with van der Waals surface area (Å²) in [6.45, 7) is 55.0. The molecule has 10 rings (SSSR count). The number of anilines is 1. The molecule has 0 radical (unpaired) electrons. The molecule has 0 N–H and O–H groups in total. The summed E-state index contributed by atoms with van der Waals surface area (Å²) >= 11 is 17.6. The number of halogens is 3. The second-order valence-electron chi connectivity index (χ2n) is 34.5. The van der Waals surface area contributed by atoms with Gasteiger partial charge in [0.25, 0.3) is 0 Å². The number of allylic oxidation sites excluding steroid dienone is 4. The molecule has 2 aliphatic carbocycles. The fraction of sp³-hybridized carbons (Fsp3) is 0.500. The van der Waals surface area contributed by atoms with Gasteiger partial charge in [0.05, 0.1) is 20.3 Å². The largest absolute Gasteiger partial charge is 0.496 e. The van der Waals surface area contributed by atoms with E-state index in [-0.39, 0.29) is 11.9 Å². The van der Waals surface area contributed by atoms with E-state index in [9.17, 15) is 4.79 Å². The highest BCUT2D eigenvalue weighted by Crippen LogP contribution is 2.30. The van der Waals surface area contributed by atoms with Crippen molar-refractivity contribution in [2.45, 2.75) is 267 Å². The number of ether oxygens (including phenoxy) is 3. The highest BCUT2D eigenvalue weighted by molar-refractivity contribution is 6.31. The van der Waals surface area contributed by atoms with Crippen LogP contribution in [0.3, 0.4) is 0 Å². The molecule has 0 aliphatic heterocycles. The lowest BCUT2D eigenvalue weighted by Crippen LogP contribution is -2.18. The lowest BCUT2D eigenvalue weighted by Gasteiger charge is -2.22. The molecular formula is C106H158Cl3NO4. The van der Waals surface area contributed by atoms with Gasteiger partial charge >= 0.3 is 0 Å². The minimum atomic E-state index is 0.212. The first-order chi connectivity index (χ1) is 53.8. The fourth-order valence-electron chi connectivity index (χ4n) is 11.5. The van der Waals surface area contributed by atoms with E-state index in [1.54, 1.807) is 20.3 Å². The summed E-state index contributed by atoms with van der Waals surface area (Å²) < 4.78 is 16.1. The molecule has 0 aromatic heterocycles. The molecule has 2 aliphatic rings. The summed E-state index contributed by atoms with van der Waals surface area (Å²) in [5.74, 6) is 12.3. The monoisotopic (exact) mass is 1610 g/mol. The molecule has 114 heavy (non-hydrogen) atoms. The number of carbonyl (C=O) groups is 1. The van der Waals surface area contributed by atoms with Crippen molar-refractivity contribution < 1.29 is 19.0 Å². The summed E-state index contributed by atoms with van der Waals surface area (Å²) in [5, 5.41) is 2.50. The molecule has 8 aromatic rings. The van der Waals surface area contributed by atoms with Gasteiger partial charge < -0.3 is 19.1 Å².